The van der Waals surface area contributed by atoms with Crippen LogP contribution in [0, 0.1) is 6.92 Å². The number of imidazole rings is 1. The zero-order valence-electron chi connectivity index (χ0n) is 16.4. The number of rotatable bonds is 6. The second-order valence-electron chi connectivity index (χ2n) is 7.46. The van der Waals surface area contributed by atoms with E-state index in [1.807, 2.05) is 24.4 Å². The smallest absolute Gasteiger partial charge is 0.247 e. The average molecular weight is 403 g/mol. The van der Waals surface area contributed by atoms with Crippen molar-refractivity contribution >= 4 is 11.8 Å². The van der Waals surface area contributed by atoms with Crippen molar-refractivity contribution in [3.8, 4) is 22.7 Å². The lowest BCUT2D eigenvalue weighted by Crippen LogP contribution is -2.00. The van der Waals surface area contributed by atoms with E-state index in [4.69, 9.17) is 9.40 Å². The van der Waals surface area contributed by atoms with Gasteiger partial charge in [0.2, 0.25) is 11.8 Å². The Balaban J connectivity index is 1.39. The molecule has 5 rings (SSSR count). The summed E-state index contributed by atoms with van der Waals surface area (Å²) in [5.41, 5.74) is 4.52. The molecule has 0 spiro atoms. The summed E-state index contributed by atoms with van der Waals surface area (Å²) in [6.45, 7) is 4.15. The van der Waals surface area contributed by atoms with E-state index in [2.05, 4.69) is 65.0 Å². The number of nitrogens with zero attached hydrogens (tertiary/aromatic N) is 4. The third-order valence-corrected chi connectivity index (χ3v) is 6.18. The highest BCUT2D eigenvalue weighted by atomic mass is 32.2. The fraction of sp³-hybridized carbons (Fsp3) is 0.261. The first-order valence-corrected chi connectivity index (χ1v) is 10.8. The Morgan fingerprint density at radius 1 is 1.00 bits per heavy atom. The number of hydrogen-bond donors (Lipinski definition) is 0. The van der Waals surface area contributed by atoms with Crippen molar-refractivity contribution < 1.29 is 4.42 Å². The lowest BCUT2D eigenvalue weighted by molar-refractivity contribution is 0.508. The van der Waals surface area contributed by atoms with Crippen LogP contribution in [-0.4, -0.2) is 19.7 Å². The lowest BCUT2D eigenvalue weighted by Gasteiger charge is -2.12. The van der Waals surface area contributed by atoms with Gasteiger partial charge in [0.05, 0.1) is 17.1 Å². The van der Waals surface area contributed by atoms with Crippen molar-refractivity contribution in [2.24, 2.45) is 0 Å². The second-order valence-corrected chi connectivity index (χ2v) is 8.77. The minimum atomic E-state index is 0.0187. The Bertz CT molecular complexity index is 1110. The summed E-state index contributed by atoms with van der Waals surface area (Å²) in [6, 6.07) is 19.1. The first-order chi connectivity index (χ1) is 14.2. The summed E-state index contributed by atoms with van der Waals surface area (Å²) in [5.74, 6) is 1.18. The fourth-order valence-corrected chi connectivity index (χ4v) is 4.35. The Morgan fingerprint density at radius 2 is 1.76 bits per heavy atom. The third kappa shape index (κ3) is 3.72. The highest BCUT2D eigenvalue weighted by Gasteiger charge is 2.30. The first kappa shape index (κ1) is 18.2. The van der Waals surface area contributed by atoms with Crippen LogP contribution in [-0.2, 0) is 0 Å². The van der Waals surface area contributed by atoms with Gasteiger partial charge in [0.25, 0.3) is 0 Å². The van der Waals surface area contributed by atoms with Gasteiger partial charge in [-0.05, 0) is 44.4 Å². The largest absolute Gasteiger partial charge is 0.419 e. The van der Waals surface area contributed by atoms with Gasteiger partial charge in [-0.25, -0.2) is 4.98 Å². The SMILES string of the molecule is Cc1ccc(-c2nnc(C(C)Sc3ncc(-c4ccccc4)n3C3CC3)o2)cc1. The first-order valence-electron chi connectivity index (χ1n) is 9.89. The van der Waals surface area contributed by atoms with Gasteiger partial charge in [-0.2, -0.15) is 0 Å². The zero-order chi connectivity index (χ0) is 19.8. The minimum absolute atomic E-state index is 0.0187. The van der Waals surface area contributed by atoms with Gasteiger partial charge in [0, 0.05) is 11.6 Å². The number of thioether (sulfide) groups is 1. The van der Waals surface area contributed by atoms with Crippen molar-refractivity contribution in [2.75, 3.05) is 0 Å². The van der Waals surface area contributed by atoms with Crippen LogP contribution in [0.5, 0.6) is 0 Å². The van der Waals surface area contributed by atoms with Gasteiger partial charge < -0.3 is 8.98 Å². The van der Waals surface area contributed by atoms with Crippen LogP contribution in [0.3, 0.4) is 0 Å². The standard InChI is InChI=1S/C23H22N4OS/c1-15-8-10-18(11-9-15)22-26-25-21(28-22)16(2)29-23-24-14-20(27(23)19-12-13-19)17-6-4-3-5-7-17/h3-11,14,16,19H,12-13H2,1-2H3. The van der Waals surface area contributed by atoms with E-state index in [0.717, 1.165) is 10.7 Å². The fourth-order valence-electron chi connectivity index (χ4n) is 3.36. The predicted octanol–water partition coefficient (Wildman–Crippen LogP) is 6.10. The normalized spacial score (nSPS) is 14.8. The molecule has 6 heteroatoms. The van der Waals surface area contributed by atoms with E-state index in [-0.39, 0.29) is 5.25 Å². The number of aromatic nitrogens is 4. The molecule has 1 aliphatic rings. The maximum absolute atomic E-state index is 5.97. The van der Waals surface area contributed by atoms with Crippen molar-refractivity contribution in [1.82, 2.24) is 19.7 Å². The molecule has 0 aliphatic heterocycles. The summed E-state index contributed by atoms with van der Waals surface area (Å²) in [5, 5.41) is 9.56. The molecule has 0 bridgehead atoms. The molecule has 2 heterocycles. The zero-order valence-corrected chi connectivity index (χ0v) is 17.3. The topological polar surface area (TPSA) is 56.7 Å². The van der Waals surface area contributed by atoms with E-state index in [0.29, 0.717) is 17.8 Å². The van der Waals surface area contributed by atoms with Crippen LogP contribution in [0.25, 0.3) is 22.7 Å². The van der Waals surface area contributed by atoms with Gasteiger partial charge in [-0.15, -0.1) is 10.2 Å². The summed E-state index contributed by atoms with van der Waals surface area (Å²) in [4.78, 5) is 4.73. The number of benzene rings is 2. The predicted molar refractivity (Wildman–Crippen MR) is 115 cm³/mol. The monoisotopic (exact) mass is 402 g/mol. The summed E-state index contributed by atoms with van der Waals surface area (Å²) in [7, 11) is 0. The van der Waals surface area contributed by atoms with E-state index in [1.165, 1.54) is 29.7 Å². The molecule has 1 saturated carbocycles. The highest BCUT2D eigenvalue weighted by molar-refractivity contribution is 7.99. The number of aryl methyl sites for hydroxylation is 1. The number of hydrogen-bond acceptors (Lipinski definition) is 5. The maximum atomic E-state index is 5.97. The molecule has 0 radical (unpaired) electrons. The molecule has 4 aromatic rings. The molecule has 0 saturated heterocycles. The molecule has 0 amide bonds. The van der Waals surface area contributed by atoms with E-state index in [9.17, 15) is 0 Å². The molecular weight excluding hydrogens is 380 g/mol. The summed E-state index contributed by atoms with van der Waals surface area (Å²) in [6.07, 6.45) is 4.39. The molecule has 2 aromatic carbocycles. The van der Waals surface area contributed by atoms with Crippen molar-refractivity contribution in [1.29, 1.82) is 0 Å². The molecule has 146 valence electrons. The van der Waals surface area contributed by atoms with Crippen LogP contribution in [0.1, 0.15) is 42.5 Å². The quantitative estimate of drug-likeness (QED) is 0.365. The van der Waals surface area contributed by atoms with Crippen LogP contribution >= 0.6 is 11.8 Å². The Hall–Kier alpha value is -2.86. The average Bonchev–Trinajstić information content (AvgIpc) is 3.30. The van der Waals surface area contributed by atoms with Gasteiger partial charge in [0.15, 0.2) is 5.16 Å². The Labute approximate surface area is 174 Å². The lowest BCUT2D eigenvalue weighted by atomic mass is 10.1. The highest BCUT2D eigenvalue weighted by Crippen LogP contribution is 2.44. The summed E-state index contributed by atoms with van der Waals surface area (Å²) >= 11 is 1.67. The van der Waals surface area contributed by atoms with E-state index < -0.39 is 0 Å². The Morgan fingerprint density at radius 3 is 2.48 bits per heavy atom. The van der Waals surface area contributed by atoms with Crippen molar-refractivity contribution in [3.05, 3.63) is 72.2 Å². The molecule has 2 aromatic heterocycles. The van der Waals surface area contributed by atoms with Crippen molar-refractivity contribution in [2.45, 2.75) is 43.1 Å². The minimum Gasteiger partial charge on any atom is -0.419 e. The molecule has 1 aliphatic carbocycles. The van der Waals surface area contributed by atoms with Crippen LogP contribution in [0.4, 0.5) is 0 Å². The molecular formula is C23H22N4OS. The maximum Gasteiger partial charge on any atom is 0.247 e. The molecule has 29 heavy (non-hydrogen) atoms. The summed E-state index contributed by atoms with van der Waals surface area (Å²) < 4.78 is 8.34. The van der Waals surface area contributed by atoms with Crippen LogP contribution in [0.2, 0.25) is 0 Å². The Kier molecular flexibility index (Phi) is 4.72. The van der Waals surface area contributed by atoms with E-state index >= 15 is 0 Å². The van der Waals surface area contributed by atoms with E-state index in [1.54, 1.807) is 11.8 Å². The van der Waals surface area contributed by atoms with Gasteiger partial charge in [-0.3, -0.25) is 0 Å². The van der Waals surface area contributed by atoms with Crippen LogP contribution < -0.4 is 0 Å². The molecule has 5 nitrogen and oxygen atoms in total. The van der Waals surface area contributed by atoms with Gasteiger partial charge in [-0.1, -0.05) is 59.8 Å². The molecule has 1 unspecified atom stereocenters. The van der Waals surface area contributed by atoms with Gasteiger partial charge in [0.1, 0.15) is 0 Å². The van der Waals surface area contributed by atoms with Gasteiger partial charge >= 0.3 is 0 Å². The molecule has 1 fully saturated rings. The van der Waals surface area contributed by atoms with Crippen molar-refractivity contribution in [3.63, 3.8) is 0 Å². The van der Waals surface area contributed by atoms with Crippen LogP contribution in [0.15, 0.2) is 70.4 Å². The molecule has 1 atom stereocenters. The third-order valence-electron chi connectivity index (χ3n) is 5.11. The molecule has 0 N–H and O–H groups in total. The second kappa shape index (κ2) is 7.52.